The molecule has 0 amide bonds. The van der Waals surface area contributed by atoms with Crippen molar-refractivity contribution in [1.29, 1.82) is 0 Å². The highest BCUT2D eigenvalue weighted by molar-refractivity contribution is 7.80. The predicted octanol–water partition coefficient (Wildman–Crippen LogP) is 7.29. The summed E-state index contributed by atoms with van der Waals surface area (Å²) in [6, 6.07) is 0. The maximum Gasteiger partial charge on any atom is 0.397 e. The molecule has 0 aliphatic carbocycles. The number of aliphatic hydroxyl groups excluding tert-OH is 3. The summed E-state index contributed by atoms with van der Waals surface area (Å²) in [6.07, 6.45) is 23.6. The van der Waals surface area contributed by atoms with Gasteiger partial charge in [-0.3, -0.25) is 9.35 Å². The smallest absolute Gasteiger partial charge is 0.397 e. The van der Waals surface area contributed by atoms with E-state index >= 15 is 0 Å². The molecular weight excluding hydrogens is 692 g/mol. The fourth-order valence-corrected chi connectivity index (χ4v) is 6.50. The first kappa shape index (κ1) is 48.6. The zero-order chi connectivity index (χ0) is 38.3. The predicted molar refractivity (Wildman–Crippen MR) is 202 cm³/mol. The molecule has 0 saturated carbocycles. The summed E-state index contributed by atoms with van der Waals surface area (Å²) < 4.78 is 58.8. The Bertz CT molecular complexity index is 1020. The Hall–Kier alpha value is -1.42. The van der Waals surface area contributed by atoms with Crippen molar-refractivity contribution >= 4 is 16.4 Å². The van der Waals surface area contributed by atoms with Crippen molar-refractivity contribution in [1.82, 2.24) is 0 Å². The third-order valence-electron chi connectivity index (χ3n) is 9.08. The van der Waals surface area contributed by atoms with Crippen LogP contribution in [0.15, 0.2) is 24.3 Å². The van der Waals surface area contributed by atoms with Gasteiger partial charge in [0.25, 0.3) is 0 Å². The van der Waals surface area contributed by atoms with Crippen LogP contribution in [0.2, 0.25) is 0 Å². The maximum absolute atomic E-state index is 12.8. The highest BCUT2D eigenvalue weighted by Crippen LogP contribution is 2.26. The van der Waals surface area contributed by atoms with Gasteiger partial charge in [0.05, 0.1) is 19.8 Å². The van der Waals surface area contributed by atoms with Crippen LogP contribution >= 0.6 is 0 Å². The zero-order valence-corrected chi connectivity index (χ0v) is 32.9. The first-order valence-corrected chi connectivity index (χ1v) is 21.5. The minimum Gasteiger partial charge on any atom is -0.457 e. The fourth-order valence-electron chi connectivity index (χ4n) is 6.00. The van der Waals surface area contributed by atoms with Gasteiger partial charge in [-0.05, 0) is 44.9 Å². The molecule has 0 aromatic heterocycles. The molecule has 4 N–H and O–H groups in total. The number of allylic oxidation sites excluding steroid dienone is 4. The maximum atomic E-state index is 12.8. The molecule has 6 atom stereocenters. The lowest BCUT2D eigenvalue weighted by molar-refractivity contribution is -0.301. The lowest BCUT2D eigenvalue weighted by atomic mass is 9.99. The van der Waals surface area contributed by atoms with Gasteiger partial charge in [-0.25, -0.2) is 4.18 Å². The Kier molecular flexibility index (Phi) is 29.8. The van der Waals surface area contributed by atoms with Crippen molar-refractivity contribution in [2.75, 3.05) is 26.4 Å². The van der Waals surface area contributed by atoms with Gasteiger partial charge in [0.2, 0.25) is 0 Å². The highest BCUT2D eigenvalue weighted by Gasteiger charge is 2.48. The van der Waals surface area contributed by atoms with Crippen LogP contribution < -0.4 is 0 Å². The second kappa shape index (κ2) is 31.9. The molecule has 306 valence electrons. The van der Waals surface area contributed by atoms with Gasteiger partial charge >= 0.3 is 16.4 Å². The number of hydrogen-bond donors (Lipinski definition) is 4. The van der Waals surface area contributed by atoms with Crippen LogP contribution in [0.25, 0.3) is 0 Å². The average molecular weight is 765 g/mol. The number of ether oxygens (including phenoxy) is 4. The Morgan fingerprint density at radius 2 is 1.27 bits per heavy atom. The van der Waals surface area contributed by atoms with Gasteiger partial charge in [-0.1, -0.05) is 128 Å². The molecule has 12 nitrogen and oxygen atoms in total. The first-order chi connectivity index (χ1) is 25.1. The van der Waals surface area contributed by atoms with E-state index in [2.05, 4.69) is 42.3 Å². The summed E-state index contributed by atoms with van der Waals surface area (Å²) in [4.78, 5) is 12.8. The number of hydrogen-bond acceptors (Lipinski definition) is 11. The number of carbonyl (C=O) groups is 1. The molecule has 0 bridgehead atoms. The number of carbonyl (C=O) groups excluding carboxylic acids is 1. The van der Waals surface area contributed by atoms with E-state index in [0.717, 1.165) is 64.2 Å². The Labute approximate surface area is 314 Å². The minimum atomic E-state index is -5.06. The average Bonchev–Trinajstić information content (AvgIpc) is 3.11. The van der Waals surface area contributed by atoms with E-state index in [9.17, 15) is 28.5 Å². The second-order valence-corrected chi connectivity index (χ2v) is 14.9. The molecule has 1 saturated heterocycles. The number of aliphatic hydroxyl groups is 3. The highest BCUT2D eigenvalue weighted by atomic mass is 32.3. The van der Waals surface area contributed by atoms with Crippen molar-refractivity contribution in [3.63, 3.8) is 0 Å². The van der Waals surface area contributed by atoms with Gasteiger partial charge in [0, 0.05) is 13.0 Å². The normalized spacial score (nSPS) is 21.7. The van der Waals surface area contributed by atoms with Crippen LogP contribution in [-0.2, 0) is 38.3 Å². The molecule has 6 unspecified atom stereocenters. The van der Waals surface area contributed by atoms with Gasteiger partial charge < -0.3 is 34.3 Å². The number of esters is 1. The SMILES string of the molecule is CCCCC/C=C\C/C=C\CCCCCCCC(=O)OC(COCCCCCCCCCCCC)COC1OC(CO)C(O)C(OS(=O)(=O)O)C1O. The van der Waals surface area contributed by atoms with E-state index in [-0.39, 0.29) is 19.6 Å². The van der Waals surface area contributed by atoms with E-state index in [0.29, 0.717) is 13.0 Å². The Balaban J connectivity index is 2.50. The van der Waals surface area contributed by atoms with E-state index in [1.807, 2.05) is 0 Å². The van der Waals surface area contributed by atoms with Crippen molar-refractivity contribution < 1.29 is 56.2 Å². The van der Waals surface area contributed by atoms with Crippen LogP contribution in [-0.4, -0.2) is 97.5 Å². The van der Waals surface area contributed by atoms with Crippen molar-refractivity contribution in [3.8, 4) is 0 Å². The summed E-state index contributed by atoms with van der Waals surface area (Å²) in [5, 5.41) is 30.5. The Morgan fingerprint density at radius 1 is 0.731 bits per heavy atom. The summed E-state index contributed by atoms with van der Waals surface area (Å²) in [7, 11) is -5.06. The van der Waals surface area contributed by atoms with Crippen molar-refractivity contribution in [2.24, 2.45) is 0 Å². The number of rotatable bonds is 34. The van der Waals surface area contributed by atoms with Gasteiger partial charge in [0.1, 0.15) is 30.5 Å². The monoisotopic (exact) mass is 764 g/mol. The third-order valence-corrected chi connectivity index (χ3v) is 9.54. The topological polar surface area (TPSA) is 178 Å². The minimum absolute atomic E-state index is 0.0329. The lowest BCUT2D eigenvalue weighted by Gasteiger charge is -2.41. The molecule has 1 aliphatic heterocycles. The quantitative estimate of drug-likeness (QED) is 0.0223. The zero-order valence-electron chi connectivity index (χ0n) is 32.1. The Morgan fingerprint density at radius 3 is 1.87 bits per heavy atom. The fraction of sp³-hybridized carbons (Fsp3) is 0.872. The van der Waals surface area contributed by atoms with E-state index < -0.39 is 59.8 Å². The van der Waals surface area contributed by atoms with Crippen molar-refractivity contribution in [3.05, 3.63) is 24.3 Å². The largest absolute Gasteiger partial charge is 0.457 e. The molecule has 0 aromatic carbocycles. The molecule has 0 aromatic rings. The van der Waals surface area contributed by atoms with E-state index in [1.54, 1.807) is 0 Å². The van der Waals surface area contributed by atoms with Crippen LogP contribution in [0.3, 0.4) is 0 Å². The number of unbranched alkanes of at least 4 members (excludes halogenated alkanes) is 17. The van der Waals surface area contributed by atoms with Gasteiger partial charge in [0.15, 0.2) is 6.29 Å². The standard InChI is InChI=1S/C39H72O12S/c1-3-5-7-9-11-13-15-16-17-18-19-20-22-24-26-28-35(41)49-33(31-47-29-27-25-23-21-14-12-10-8-6-4-2)32-48-39-37(43)38(51-52(44,45)46)36(42)34(30-40)50-39/h11,13,16-17,33-34,36-40,42-43H,3-10,12,14-15,18-32H2,1-2H3,(H,44,45,46)/b13-11-,17-16-. The molecule has 52 heavy (non-hydrogen) atoms. The van der Waals surface area contributed by atoms with Crippen LogP contribution in [0.5, 0.6) is 0 Å². The summed E-state index contributed by atoms with van der Waals surface area (Å²) in [6.45, 7) is 3.92. The third kappa shape index (κ3) is 25.6. The molecule has 0 spiro atoms. The van der Waals surface area contributed by atoms with Gasteiger partial charge in [-0.15, -0.1) is 0 Å². The second-order valence-electron chi connectivity index (χ2n) is 13.9. The molecule has 0 radical (unpaired) electrons. The summed E-state index contributed by atoms with van der Waals surface area (Å²) in [5.41, 5.74) is 0. The molecular formula is C39H72O12S. The molecule has 1 fully saturated rings. The van der Waals surface area contributed by atoms with E-state index in [4.69, 9.17) is 23.5 Å². The van der Waals surface area contributed by atoms with Crippen LogP contribution in [0.1, 0.15) is 155 Å². The summed E-state index contributed by atoms with van der Waals surface area (Å²) in [5.74, 6) is -0.414. The van der Waals surface area contributed by atoms with Crippen molar-refractivity contribution in [2.45, 2.75) is 192 Å². The molecule has 1 aliphatic rings. The van der Waals surface area contributed by atoms with Crippen LogP contribution in [0.4, 0.5) is 0 Å². The molecule has 13 heteroatoms. The van der Waals surface area contributed by atoms with Crippen LogP contribution in [0, 0.1) is 0 Å². The summed E-state index contributed by atoms with van der Waals surface area (Å²) >= 11 is 0. The molecule has 1 heterocycles. The lowest BCUT2D eigenvalue weighted by Crippen LogP contribution is -2.60. The van der Waals surface area contributed by atoms with E-state index in [1.165, 1.54) is 64.2 Å². The van der Waals surface area contributed by atoms with Gasteiger partial charge in [-0.2, -0.15) is 8.42 Å². The molecule has 1 rings (SSSR count). The first-order valence-electron chi connectivity index (χ1n) is 20.1.